The van der Waals surface area contributed by atoms with E-state index < -0.39 is 0 Å². The number of anilines is 1. The fraction of sp³-hybridized carbons (Fsp3) is 0.667. The van der Waals surface area contributed by atoms with E-state index in [0.29, 0.717) is 16.3 Å². The summed E-state index contributed by atoms with van der Waals surface area (Å²) in [6, 6.07) is 0. The zero-order chi connectivity index (χ0) is 12.9. The second-order valence-corrected chi connectivity index (χ2v) is 6.45. The predicted octanol–water partition coefficient (Wildman–Crippen LogP) is 0.967. The molecule has 0 saturated carbocycles. The molecule has 0 bridgehead atoms. The average molecular weight is 313 g/mol. The molecule has 5 nitrogen and oxygen atoms in total. The monoisotopic (exact) mass is 312 g/mol. The third-order valence-electron chi connectivity index (χ3n) is 4.39. The van der Waals surface area contributed by atoms with E-state index in [9.17, 15) is 4.79 Å². The number of aromatic amines is 1. The van der Waals surface area contributed by atoms with Gasteiger partial charge in [0.1, 0.15) is 4.47 Å². The molecule has 2 fully saturated rings. The van der Waals surface area contributed by atoms with Crippen molar-refractivity contribution in [1.29, 1.82) is 0 Å². The normalized spacial score (nSPS) is 29.6. The van der Waals surface area contributed by atoms with E-state index in [4.69, 9.17) is 0 Å². The van der Waals surface area contributed by atoms with Crippen molar-refractivity contribution in [2.24, 2.45) is 11.8 Å². The molecule has 0 aromatic carbocycles. The maximum Gasteiger partial charge on any atom is 0.267 e. The summed E-state index contributed by atoms with van der Waals surface area (Å²) < 4.78 is 0.533. The fourth-order valence-electron chi connectivity index (χ4n) is 3.34. The molecule has 2 N–H and O–H groups in total. The summed E-state index contributed by atoms with van der Waals surface area (Å²) >= 11 is 3.36. The van der Waals surface area contributed by atoms with Crippen molar-refractivity contribution in [3.8, 4) is 0 Å². The minimum Gasteiger partial charge on any atom is -0.350 e. The van der Waals surface area contributed by atoms with Crippen LogP contribution in [0.25, 0.3) is 0 Å². The van der Waals surface area contributed by atoms with Gasteiger partial charge in [-0.3, -0.25) is 4.79 Å². The second kappa shape index (κ2) is 4.06. The molecule has 0 spiro atoms. The van der Waals surface area contributed by atoms with E-state index in [1.807, 2.05) is 0 Å². The molecular formula is C12H17BrN4O. The molecule has 2 aliphatic heterocycles. The number of nitrogens with zero attached hydrogens (tertiary/aromatic N) is 2. The van der Waals surface area contributed by atoms with E-state index in [-0.39, 0.29) is 11.1 Å². The maximum atomic E-state index is 11.7. The summed E-state index contributed by atoms with van der Waals surface area (Å²) in [5.41, 5.74) is -0.0942. The zero-order valence-corrected chi connectivity index (χ0v) is 12.1. The number of nitrogens with one attached hydrogen (secondary N) is 2. The molecular weight excluding hydrogens is 296 g/mol. The van der Waals surface area contributed by atoms with Crippen molar-refractivity contribution in [3.63, 3.8) is 0 Å². The van der Waals surface area contributed by atoms with Gasteiger partial charge in [0.05, 0.1) is 6.33 Å². The van der Waals surface area contributed by atoms with Gasteiger partial charge in [0.2, 0.25) is 0 Å². The number of aromatic nitrogens is 2. The summed E-state index contributed by atoms with van der Waals surface area (Å²) in [7, 11) is 0. The molecule has 3 heterocycles. The Balaban J connectivity index is 2.03. The minimum absolute atomic E-state index is 0.0253. The van der Waals surface area contributed by atoms with Crippen molar-refractivity contribution in [2.75, 3.05) is 24.5 Å². The van der Waals surface area contributed by atoms with Crippen LogP contribution in [-0.2, 0) is 0 Å². The van der Waals surface area contributed by atoms with Crippen molar-refractivity contribution in [1.82, 2.24) is 15.3 Å². The highest BCUT2D eigenvalue weighted by atomic mass is 79.9. The minimum atomic E-state index is -0.119. The third-order valence-corrected chi connectivity index (χ3v) is 5.11. The van der Waals surface area contributed by atoms with Gasteiger partial charge in [0, 0.05) is 25.2 Å². The molecule has 98 valence electrons. The number of hydrogen-bond donors (Lipinski definition) is 2. The summed E-state index contributed by atoms with van der Waals surface area (Å²) in [5.74, 6) is 2.02. The number of halogens is 1. The Kier molecular flexibility index (Phi) is 2.75. The van der Waals surface area contributed by atoms with Crippen molar-refractivity contribution in [2.45, 2.75) is 19.4 Å². The standard InChI is InChI=1S/C12H17BrN4O/c1-12(2)8-4-14-3-7(8)5-17(12)10-9(13)11(18)16-6-15-10/h6-8,14H,3-5H2,1-2H3,(H,15,16,18). The van der Waals surface area contributed by atoms with Gasteiger partial charge in [-0.25, -0.2) is 4.98 Å². The van der Waals surface area contributed by atoms with Gasteiger partial charge in [-0.1, -0.05) is 0 Å². The SMILES string of the molecule is CC1(C)C2CNCC2CN1c1nc[nH]c(=O)c1Br. The predicted molar refractivity (Wildman–Crippen MR) is 73.8 cm³/mol. The van der Waals surface area contributed by atoms with Gasteiger partial charge in [-0.05, 0) is 41.6 Å². The van der Waals surface area contributed by atoms with Crippen LogP contribution in [0.15, 0.2) is 15.6 Å². The van der Waals surface area contributed by atoms with Crippen LogP contribution in [0, 0.1) is 11.8 Å². The maximum absolute atomic E-state index is 11.7. The molecule has 2 atom stereocenters. The first-order valence-electron chi connectivity index (χ1n) is 6.23. The van der Waals surface area contributed by atoms with Crippen LogP contribution >= 0.6 is 15.9 Å². The lowest BCUT2D eigenvalue weighted by molar-refractivity contribution is 0.356. The van der Waals surface area contributed by atoms with Gasteiger partial charge in [-0.15, -0.1) is 0 Å². The van der Waals surface area contributed by atoms with E-state index >= 15 is 0 Å². The largest absolute Gasteiger partial charge is 0.350 e. The first kappa shape index (κ1) is 12.2. The van der Waals surface area contributed by atoms with Crippen LogP contribution in [0.5, 0.6) is 0 Å². The Hall–Kier alpha value is -0.880. The molecule has 1 aromatic rings. The molecule has 1 aromatic heterocycles. The topological polar surface area (TPSA) is 61.0 Å². The van der Waals surface area contributed by atoms with Gasteiger partial charge < -0.3 is 15.2 Å². The molecule has 2 aliphatic rings. The summed E-state index contributed by atoms with van der Waals surface area (Å²) in [4.78, 5) is 20.9. The van der Waals surface area contributed by atoms with Crippen LogP contribution in [0.4, 0.5) is 5.82 Å². The lowest BCUT2D eigenvalue weighted by Crippen LogP contribution is -2.45. The highest BCUT2D eigenvalue weighted by Gasteiger charge is 2.50. The fourth-order valence-corrected chi connectivity index (χ4v) is 3.77. The van der Waals surface area contributed by atoms with Gasteiger partial charge in [0.15, 0.2) is 5.82 Å². The van der Waals surface area contributed by atoms with E-state index in [0.717, 1.165) is 25.5 Å². The second-order valence-electron chi connectivity index (χ2n) is 5.66. The van der Waals surface area contributed by atoms with Gasteiger partial charge in [0.25, 0.3) is 5.56 Å². The molecule has 6 heteroatoms. The molecule has 2 unspecified atom stereocenters. The average Bonchev–Trinajstić information content (AvgIpc) is 2.86. The molecule has 0 aliphatic carbocycles. The van der Waals surface area contributed by atoms with Crippen LogP contribution in [0.1, 0.15) is 13.8 Å². The van der Waals surface area contributed by atoms with Crippen molar-refractivity contribution < 1.29 is 0 Å². The quantitative estimate of drug-likeness (QED) is 0.811. The van der Waals surface area contributed by atoms with Crippen LogP contribution in [0.2, 0.25) is 0 Å². The van der Waals surface area contributed by atoms with E-state index in [2.05, 4.69) is 50.0 Å². The number of fused-ring (bicyclic) bond motifs is 1. The Bertz CT molecular complexity index is 527. The van der Waals surface area contributed by atoms with Crippen LogP contribution < -0.4 is 15.8 Å². The molecule has 0 radical (unpaired) electrons. The molecule has 3 rings (SSSR count). The zero-order valence-electron chi connectivity index (χ0n) is 10.5. The van der Waals surface area contributed by atoms with E-state index in [1.54, 1.807) is 0 Å². The molecule has 18 heavy (non-hydrogen) atoms. The van der Waals surface area contributed by atoms with Crippen molar-refractivity contribution >= 4 is 21.7 Å². The lowest BCUT2D eigenvalue weighted by atomic mass is 9.85. The smallest absolute Gasteiger partial charge is 0.267 e. The Morgan fingerprint density at radius 1 is 1.50 bits per heavy atom. The number of hydrogen-bond acceptors (Lipinski definition) is 4. The Morgan fingerprint density at radius 2 is 2.28 bits per heavy atom. The first-order chi connectivity index (χ1) is 8.51. The Morgan fingerprint density at radius 3 is 3.00 bits per heavy atom. The lowest BCUT2D eigenvalue weighted by Gasteiger charge is -2.36. The van der Waals surface area contributed by atoms with Gasteiger partial charge >= 0.3 is 0 Å². The third kappa shape index (κ3) is 1.62. The van der Waals surface area contributed by atoms with Crippen molar-refractivity contribution in [3.05, 3.63) is 21.2 Å². The van der Waals surface area contributed by atoms with Crippen LogP contribution in [-0.4, -0.2) is 35.1 Å². The number of H-pyrrole nitrogens is 1. The van der Waals surface area contributed by atoms with Gasteiger partial charge in [-0.2, -0.15) is 0 Å². The molecule has 0 amide bonds. The molecule has 2 saturated heterocycles. The summed E-state index contributed by atoms with van der Waals surface area (Å²) in [5, 5.41) is 3.45. The Labute approximate surface area is 114 Å². The highest BCUT2D eigenvalue weighted by Crippen LogP contribution is 2.43. The highest BCUT2D eigenvalue weighted by molar-refractivity contribution is 9.10. The van der Waals surface area contributed by atoms with Crippen LogP contribution in [0.3, 0.4) is 0 Å². The number of rotatable bonds is 1. The first-order valence-corrected chi connectivity index (χ1v) is 7.02. The summed E-state index contributed by atoms with van der Waals surface area (Å²) in [6.45, 7) is 7.54. The van der Waals surface area contributed by atoms with E-state index in [1.165, 1.54) is 6.33 Å². The summed E-state index contributed by atoms with van der Waals surface area (Å²) in [6.07, 6.45) is 1.48.